The number of aromatic nitrogens is 1. The van der Waals surface area contributed by atoms with Crippen molar-refractivity contribution in [3.63, 3.8) is 0 Å². The van der Waals surface area contributed by atoms with E-state index in [1.165, 1.54) is 16.8 Å². The Kier molecular flexibility index (Phi) is 9.12. The first-order chi connectivity index (χ1) is 13.2. The molecule has 0 unspecified atom stereocenters. The van der Waals surface area contributed by atoms with Gasteiger partial charge in [0, 0.05) is 45.1 Å². The van der Waals surface area contributed by atoms with Crippen LogP contribution >= 0.6 is 0 Å². The van der Waals surface area contributed by atoms with E-state index in [9.17, 15) is 4.79 Å². The van der Waals surface area contributed by atoms with Gasteiger partial charge in [0.05, 0.1) is 6.54 Å². The molecule has 1 amide bonds. The minimum absolute atomic E-state index is 0.253. The highest BCUT2D eigenvalue weighted by molar-refractivity contribution is 5.76. The van der Waals surface area contributed by atoms with Crippen LogP contribution in [-0.4, -0.2) is 35.6 Å². The van der Waals surface area contributed by atoms with Gasteiger partial charge in [-0.05, 0) is 43.0 Å². The van der Waals surface area contributed by atoms with E-state index in [1.54, 1.807) is 7.11 Å². The minimum atomic E-state index is 0.253. The lowest BCUT2D eigenvalue weighted by molar-refractivity contribution is -0.132. The van der Waals surface area contributed by atoms with Gasteiger partial charge in [-0.2, -0.15) is 0 Å². The number of hydrogen-bond donors (Lipinski definition) is 0. The Bertz CT molecular complexity index is 693. The number of aryl methyl sites for hydroxylation is 1. The fraction of sp³-hybridized carbons (Fsp3) is 0.522. The first-order valence-corrected chi connectivity index (χ1v) is 10.1. The number of amides is 1. The zero-order chi connectivity index (χ0) is 19.5. The molecule has 0 saturated heterocycles. The molecular formula is C23H34N2O2. The zero-order valence-corrected chi connectivity index (χ0v) is 17.1. The average molecular weight is 371 g/mol. The molecule has 0 aliphatic rings. The normalized spacial score (nSPS) is 10.9. The summed E-state index contributed by atoms with van der Waals surface area (Å²) in [5.74, 6) is 0.253. The number of methoxy groups -OCH3 is 1. The first-order valence-electron chi connectivity index (χ1n) is 10.1. The van der Waals surface area contributed by atoms with Gasteiger partial charge in [0.25, 0.3) is 0 Å². The van der Waals surface area contributed by atoms with E-state index < -0.39 is 0 Å². The molecule has 0 aliphatic heterocycles. The maximum Gasteiger partial charge on any atom is 0.222 e. The second-order valence-corrected chi connectivity index (χ2v) is 7.17. The van der Waals surface area contributed by atoms with Gasteiger partial charge in [-0.25, -0.2) is 0 Å². The Balaban J connectivity index is 2.06. The highest BCUT2D eigenvalue weighted by Gasteiger charge is 2.15. The Morgan fingerprint density at radius 2 is 1.93 bits per heavy atom. The monoisotopic (exact) mass is 370 g/mol. The molecule has 0 saturated carbocycles. The number of hydrogen-bond acceptors (Lipinski definition) is 2. The third-order valence-corrected chi connectivity index (χ3v) is 5.00. The van der Waals surface area contributed by atoms with Crippen LogP contribution in [0, 0.1) is 6.92 Å². The van der Waals surface area contributed by atoms with Crippen LogP contribution in [0.2, 0.25) is 0 Å². The van der Waals surface area contributed by atoms with Gasteiger partial charge in [0.2, 0.25) is 5.91 Å². The summed E-state index contributed by atoms with van der Waals surface area (Å²) >= 11 is 0. The van der Waals surface area contributed by atoms with Crippen LogP contribution < -0.4 is 0 Å². The fourth-order valence-electron chi connectivity index (χ4n) is 3.29. The lowest BCUT2D eigenvalue weighted by Gasteiger charge is -2.24. The van der Waals surface area contributed by atoms with Crippen LogP contribution in [0.1, 0.15) is 55.8 Å². The van der Waals surface area contributed by atoms with Gasteiger partial charge in [-0.3, -0.25) is 4.79 Å². The summed E-state index contributed by atoms with van der Waals surface area (Å²) in [7, 11) is 1.71. The fourth-order valence-corrected chi connectivity index (χ4v) is 3.29. The van der Waals surface area contributed by atoms with Gasteiger partial charge in [0.15, 0.2) is 0 Å². The summed E-state index contributed by atoms with van der Waals surface area (Å²) in [5, 5.41) is 0. The molecule has 0 bridgehead atoms. The molecule has 1 heterocycles. The quantitative estimate of drug-likeness (QED) is 0.503. The van der Waals surface area contributed by atoms with Gasteiger partial charge < -0.3 is 14.2 Å². The Morgan fingerprint density at radius 1 is 1.11 bits per heavy atom. The van der Waals surface area contributed by atoms with Crippen molar-refractivity contribution >= 4 is 5.91 Å². The van der Waals surface area contributed by atoms with E-state index in [1.807, 2.05) is 4.90 Å². The molecule has 4 nitrogen and oxygen atoms in total. The van der Waals surface area contributed by atoms with E-state index in [0.717, 1.165) is 38.8 Å². The number of carbonyl (C=O) groups is 1. The predicted molar refractivity (Wildman–Crippen MR) is 111 cm³/mol. The average Bonchev–Trinajstić information content (AvgIpc) is 3.10. The molecule has 0 radical (unpaired) electrons. The third kappa shape index (κ3) is 6.87. The van der Waals surface area contributed by atoms with Crippen molar-refractivity contribution in [2.24, 2.45) is 0 Å². The Hall–Kier alpha value is -2.07. The summed E-state index contributed by atoms with van der Waals surface area (Å²) in [6, 6.07) is 12.7. The van der Waals surface area contributed by atoms with Crippen LogP contribution in [-0.2, 0) is 22.6 Å². The van der Waals surface area contributed by atoms with Crippen LogP contribution in [0.15, 0.2) is 42.6 Å². The molecule has 0 aliphatic carbocycles. The molecule has 1 aromatic heterocycles. The molecule has 2 aromatic rings. The molecule has 2 rings (SSSR count). The van der Waals surface area contributed by atoms with E-state index in [0.29, 0.717) is 19.6 Å². The largest absolute Gasteiger partial charge is 0.385 e. The van der Waals surface area contributed by atoms with E-state index in [4.69, 9.17) is 4.74 Å². The first kappa shape index (κ1) is 21.2. The number of carbonyl (C=O) groups excluding carboxylic acids is 1. The molecule has 4 heteroatoms. The molecule has 0 fully saturated rings. The van der Waals surface area contributed by atoms with Crippen molar-refractivity contribution < 1.29 is 9.53 Å². The second kappa shape index (κ2) is 11.6. The van der Waals surface area contributed by atoms with Crippen molar-refractivity contribution in [2.45, 2.75) is 59.0 Å². The van der Waals surface area contributed by atoms with Crippen LogP contribution in [0.25, 0.3) is 0 Å². The third-order valence-electron chi connectivity index (χ3n) is 5.00. The SMILES string of the molecule is CCCCCC(=O)N(CCCOC)Cc1cccn1Cc1ccccc1C. The van der Waals surface area contributed by atoms with Gasteiger partial charge >= 0.3 is 0 Å². The molecule has 0 N–H and O–H groups in total. The highest BCUT2D eigenvalue weighted by atomic mass is 16.5. The zero-order valence-electron chi connectivity index (χ0n) is 17.1. The van der Waals surface area contributed by atoms with Crippen LogP contribution in [0.3, 0.4) is 0 Å². The molecule has 0 atom stereocenters. The van der Waals surface area contributed by atoms with Crippen LogP contribution in [0.5, 0.6) is 0 Å². The standard InChI is InChI=1S/C23H34N2O2/c1-4-5-6-14-23(26)25(16-10-17-27-3)19-22-13-9-15-24(22)18-21-12-8-7-11-20(21)2/h7-9,11-13,15H,4-6,10,14,16-19H2,1-3H3. The maximum atomic E-state index is 12.7. The Labute approximate surface area is 164 Å². The number of rotatable bonds is 12. The van der Waals surface area contributed by atoms with Crippen molar-refractivity contribution in [3.8, 4) is 0 Å². The number of nitrogens with zero attached hydrogens (tertiary/aromatic N) is 2. The van der Waals surface area contributed by atoms with Gasteiger partial charge in [0.1, 0.15) is 0 Å². The van der Waals surface area contributed by atoms with E-state index in [-0.39, 0.29) is 5.91 Å². The van der Waals surface area contributed by atoms with Crippen molar-refractivity contribution in [2.75, 3.05) is 20.3 Å². The molecule has 0 spiro atoms. The van der Waals surface area contributed by atoms with Gasteiger partial charge in [-0.15, -0.1) is 0 Å². The van der Waals surface area contributed by atoms with Crippen molar-refractivity contribution in [1.29, 1.82) is 0 Å². The Morgan fingerprint density at radius 3 is 2.67 bits per heavy atom. The topological polar surface area (TPSA) is 34.5 Å². The van der Waals surface area contributed by atoms with Crippen molar-refractivity contribution in [1.82, 2.24) is 9.47 Å². The summed E-state index contributed by atoms with van der Waals surface area (Å²) in [4.78, 5) is 14.7. The molecule has 148 valence electrons. The number of unbranched alkanes of at least 4 members (excludes halogenated alkanes) is 2. The van der Waals surface area contributed by atoms with E-state index >= 15 is 0 Å². The molecule has 27 heavy (non-hydrogen) atoms. The number of ether oxygens (including phenoxy) is 1. The lowest BCUT2D eigenvalue weighted by atomic mass is 10.1. The molecular weight excluding hydrogens is 336 g/mol. The lowest BCUT2D eigenvalue weighted by Crippen LogP contribution is -2.32. The van der Waals surface area contributed by atoms with E-state index in [2.05, 4.69) is 61.0 Å². The summed E-state index contributed by atoms with van der Waals surface area (Å²) in [6.45, 7) is 7.24. The smallest absolute Gasteiger partial charge is 0.222 e. The summed E-state index contributed by atoms with van der Waals surface area (Å²) in [6.07, 6.45) is 6.84. The highest BCUT2D eigenvalue weighted by Crippen LogP contribution is 2.15. The maximum absolute atomic E-state index is 12.7. The minimum Gasteiger partial charge on any atom is -0.385 e. The molecule has 1 aromatic carbocycles. The summed E-state index contributed by atoms with van der Waals surface area (Å²) < 4.78 is 7.43. The van der Waals surface area contributed by atoms with Gasteiger partial charge in [-0.1, -0.05) is 44.0 Å². The second-order valence-electron chi connectivity index (χ2n) is 7.17. The predicted octanol–water partition coefficient (Wildman–Crippen LogP) is 4.79. The van der Waals surface area contributed by atoms with Crippen LogP contribution in [0.4, 0.5) is 0 Å². The number of benzene rings is 1. The summed E-state index contributed by atoms with van der Waals surface area (Å²) in [5.41, 5.74) is 3.79. The van der Waals surface area contributed by atoms with Crippen molar-refractivity contribution in [3.05, 3.63) is 59.4 Å².